The third-order valence-electron chi connectivity index (χ3n) is 4.66. The van der Waals surface area contributed by atoms with E-state index in [9.17, 15) is 0 Å². The second-order valence-electron chi connectivity index (χ2n) is 6.97. The highest BCUT2D eigenvalue weighted by atomic mass is 16.5. The van der Waals surface area contributed by atoms with Crippen LogP contribution in [0.2, 0.25) is 0 Å². The molecule has 3 N–H and O–H groups in total. The molecule has 6 nitrogen and oxygen atoms in total. The number of nitrogens with zero attached hydrogens (tertiary/aromatic N) is 2. The minimum Gasteiger partial charge on any atom is -0.494 e. The molecule has 6 heteroatoms. The number of nitrogens with one attached hydrogen (secondary N) is 1. The SMILES string of the molecule is CCOc1ccc(OCC)c(NC(N)=NCC(C)N2CCCC(C)C2)c1. The van der Waals surface area contributed by atoms with Crippen LogP contribution in [0.15, 0.2) is 23.2 Å². The van der Waals surface area contributed by atoms with Gasteiger partial charge in [-0.25, -0.2) is 0 Å². The van der Waals surface area contributed by atoms with Gasteiger partial charge in [-0.2, -0.15) is 0 Å². The summed E-state index contributed by atoms with van der Waals surface area (Å²) in [5.74, 6) is 2.69. The molecule has 0 radical (unpaired) electrons. The van der Waals surface area contributed by atoms with E-state index in [2.05, 4.69) is 29.1 Å². The van der Waals surface area contributed by atoms with Gasteiger partial charge in [0.05, 0.1) is 25.4 Å². The summed E-state index contributed by atoms with van der Waals surface area (Å²) in [5.41, 5.74) is 6.90. The second kappa shape index (κ2) is 10.3. The van der Waals surface area contributed by atoms with Crippen molar-refractivity contribution in [2.45, 2.75) is 46.6 Å². The van der Waals surface area contributed by atoms with Gasteiger partial charge in [0.2, 0.25) is 0 Å². The van der Waals surface area contributed by atoms with Crippen LogP contribution in [0.5, 0.6) is 11.5 Å². The van der Waals surface area contributed by atoms with Crippen molar-refractivity contribution in [3.63, 3.8) is 0 Å². The average Bonchev–Trinajstić information content (AvgIpc) is 2.62. The van der Waals surface area contributed by atoms with E-state index in [1.54, 1.807) is 0 Å². The van der Waals surface area contributed by atoms with Gasteiger partial charge >= 0.3 is 0 Å². The van der Waals surface area contributed by atoms with Gasteiger partial charge in [0.25, 0.3) is 0 Å². The van der Waals surface area contributed by atoms with Crippen LogP contribution in [0.1, 0.15) is 40.5 Å². The van der Waals surface area contributed by atoms with E-state index in [1.807, 2.05) is 32.0 Å². The summed E-state index contributed by atoms with van der Waals surface area (Å²) < 4.78 is 11.2. The first-order valence-corrected chi connectivity index (χ1v) is 9.74. The first kappa shape index (κ1) is 20.4. The molecule has 1 aromatic carbocycles. The molecule has 0 aliphatic carbocycles. The van der Waals surface area contributed by atoms with Crippen molar-refractivity contribution < 1.29 is 9.47 Å². The van der Waals surface area contributed by atoms with Gasteiger partial charge < -0.3 is 20.5 Å². The lowest BCUT2D eigenvalue weighted by Gasteiger charge is -2.34. The quantitative estimate of drug-likeness (QED) is 0.548. The van der Waals surface area contributed by atoms with Gasteiger partial charge in [-0.1, -0.05) is 6.92 Å². The lowest BCUT2D eigenvalue weighted by atomic mass is 9.99. The Kier molecular flexibility index (Phi) is 8.04. The Morgan fingerprint density at radius 3 is 2.81 bits per heavy atom. The fourth-order valence-corrected chi connectivity index (χ4v) is 3.29. The summed E-state index contributed by atoms with van der Waals surface area (Å²) in [5, 5.41) is 3.17. The lowest BCUT2D eigenvalue weighted by molar-refractivity contribution is 0.142. The summed E-state index contributed by atoms with van der Waals surface area (Å²) in [4.78, 5) is 7.05. The number of likely N-dealkylation sites (tertiary alicyclic amines) is 1. The summed E-state index contributed by atoms with van der Waals surface area (Å²) in [6.45, 7) is 12.6. The standard InChI is InChI=1S/C20H34N4O2/c1-5-25-17-9-10-19(26-6-2)18(12-17)23-20(21)22-13-16(4)24-11-7-8-15(3)14-24/h9-10,12,15-16H,5-8,11,13-14H2,1-4H3,(H3,21,22,23). The molecule has 2 unspecified atom stereocenters. The molecule has 0 amide bonds. The molecule has 0 saturated carbocycles. The minimum atomic E-state index is 0.388. The number of aliphatic imine (C=N–C) groups is 1. The van der Waals surface area contributed by atoms with Gasteiger partial charge in [-0.15, -0.1) is 0 Å². The van der Waals surface area contributed by atoms with Crippen molar-refractivity contribution in [1.29, 1.82) is 0 Å². The molecule has 2 rings (SSSR count). The summed E-state index contributed by atoms with van der Waals surface area (Å²) in [7, 11) is 0. The Labute approximate surface area is 157 Å². The summed E-state index contributed by atoms with van der Waals surface area (Å²) in [6, 6.07) is 6.07. The number of guanidine groups is 1. The fraction of sp³-hybridized carbons (Fsp3) is 0.650. The van der Waals surface area contributed by atoms with Crippen LogP contribution in [0.25, 0.3) is 0 Å². The molecule has 1 aliphatic heterocycles. The number of hydrogen-bond donors (Lipinski definition) is 2. The van der Waals surface area contributed by atoms with Gasteiger partial charge in [0.15, 0.2) is 5.96 Å². The van der Waals surface area contributed by atoms with Crippen molar-refractivity contribution in [1.82, 2.24) is 4.90 Å². The number of ether oxygens (including phenoxy) is 2. The van der Waals surface area contributed by atoms with E-state index >= 15 is 0 Å². The zero-order valence-electron chi connectivity index (χ0n) is 16.6. The highest BCUT2D eigenvalue weighted by molar-refractivity contribution is 5.94. The van der Waals surface area contributed by atoms with Crippen LogP contribution >= 0.6 is 0 Å². The monoisotopic (exact) mass is 362 g/mol. The predicted molar refractivity (Wildman–Crippen MR) is 108 cm³/mol. The molecule has 146 valence electrons. The predicted octanol–water partition coefficient (Wildman–Crippen LogP) is 3.33. The van der Waals surface area contributed by atoms with Gasteiger partial charge in [-0.05, 0) is 58.2 Å². The van der Waals surface area contributed by atoms with Crippen LogP contribution < -0.4 is 20.5 Å². The molecule has 26 heavy (non-hydrogen) atoms. The average molecular weight is 363 g/mol. The maximum absolute atomic E-state index is 6.12. The fourth-order valence-electron chi connectivity index (χ4n) is 3.29. The Morgan fingerprint density at radius 1 is 1.35 bits per heavy atom. The van der Waals surface area contributed by atoms with E-state index in [4.69, 9.17) is 15.2 Å². The molecular weight excluding hydrogens is 328 g/mol. The summed E-state index contributed by atoms with van der Waals surface area (Å²) in [6.07, 6.45) is 2.59. The van der Waals surface area contributed by atoms with Crippen molar-refractivity contribution in [3.05, 3.63) is 18.2 Å². The van der Waals surface area contributed by atoms with Crippen LogP contribution in [0, 0.1) is 5.92 Å². The van der Waals surface area contributed by atoms with Crippen molar-refractivity contribution in [3.8, 4) is 11.5 Å². The number of benzene rings is 1. The molecule has 2 atom stereocenters. The molecular formula is C20H34N4O2. The van der Waals surface area contributed by atoms with E-state index in [-0.39, 0.29) is 0 Å². The largest absolute Gasteiger partial charge is 0.494 e. The number of nitrogens with two attached hydrogens (primary N) is 1. The summed E-state index contributed by atoms with van der Waals surface area (Å²) >= 11 is 0. The van der Waals surface area contributed by atoms with E-state index in [0.717, 1.165) is 36.2 Å². The van der Waals surface area contributed by atoms with Gasteiger partial charge in [0.1, 0.15) is 11.5 Å². The molecule has 1 aliphatic rings. The third-order valence-corrected chi connectivity index (χ3v) is 4.66. The molecule has 1 saturated heterocycles. The second-order valence-corrected chi connectivity index (χ2v) is 6.97. The smallest absolute Gasteiger partial charge is 0.193 e. The number of anilines is 1. The molecule has 1 aromatic rings. The maximum Gasteiger partial charge on any atom is 0.193 e. The minimum absolute atomic E-state index is 0.388. The first-order valence-electron chi connectivity index (χ1n) is 9.74. The molecule has 0 spiro atoms. The molecule has 0 aromatic heterocycles. The Morgan fingerprint density at radius 2 is 2.12 bits per heavy atom. The van der Waals surface area contributed by atoms with Crippen LogP contribution in [-0.2, 0) is 0 Å². The van der Waals surface area contributed by atoms with Crippen LogP contribution in [-0.4, -0.2) is 49.7 Å². The van der Waals surface area contributed by atoms with E-state index in [1.165, 1.54) is 12.8 Å². The lowest BCUT2D eigenvalue weighted by Crippen LogP contribution is -2.42. The first-order chi connectivity index (χ1) is 12.5. The van der Waals surface area contributed by atoms with Crippen LogP contribution in [0.4, 0.5) is 5.69 Å². The van der Waals surface area contributed by atoms with E-state index < -0.39 is 0 Å². The number of rotatable bonds is 8. The van der Waals surface area contributed by atoms with Crippen molar-refractivity contribution in [2.24, 2.45) is 16.6 Å². The zero-order valence-corrected chi connectivity index (χ0v) is 16.6. The Balaban J connectivity index is 1.99. The van der Waals surface area contributed by atoms with Crippen LogP contribution in [0.3, 0.4) is 0 Å². The van der Waals surface area contributed by atoms with E-state index in [0.29, 0.717) is 31.8 Å². The number of hydrogen-bond acceptors (Lipinski definition) is 4. The Bertz CT molecular complexity index is 591. The molecule has 1 heterocycles. The molecule has 0 bridgehead atoms. The van der Waals surface area contributed by atoms with Crippen molar-refractivity contribution in [2.75, 3.05) is 38.2 Å². The van der Waals surface area contributed by atoms with Gasteiger partial charge in [-0.3, -0.25) is 9.89 Å². The van der Waals surface area contributed by atoms with Crippen molar-refractivity contribution >= 4 is 11.6 Å². The third kappa shape index (κ3) is 6.09. The highest BCUT2D eigenvalue weighted by Crippen LogP contribution is 2.29. The normalized spacial score (nSPS) is 19.8. The topological polar surface area (TPSA) is 72.1 Å². The Hall–Kier alpha value is -1.95. The number of piperidine rings is 1. The highest BCUT2D eigenvalue weighted by Gasteiger charge is 2.20. The van der Waals surface area contributed by atoms with Gasteiger partial charge in [0, 0.05) is 18.7 Å². The zero-order chi connectivity index (χ0) is 18.9. The molecule has 1 fully saturated rings. The maximum atomic E-state index is 6.12.